The summed E-state index contributed by atoms with van der Waals surface area (Å²) in [7, 11) is 0. The van der Waals surface area contributed by atoms with Gasteiger partial charge in [-0.2, -0.15) is 0 Å². The van der Waals surface area contributed by atoms with Crippen molar-refractivity contribution in [2.24, 2.45) is 0 Å². The second-order valence-electron chi connectivity index (χ2n) is 3.63. The fraction of sp³-hybridized carbons (Fsp3) is 0.500. The van der Waals surface area contributed by atoms with Gasteiger partial charge in [0.25, 0.3) is 0 Å². The highest BCUT2D eigenvalue weighted by atomic mass is 19.1. The molecule has 1 aromatic rings. The summed E-state index contributed by atoms with van der Waals surface area (Å²) in [5, 5.41) is 0. The number of rotatable bonds is 5. The van der Waals surface area contributed by atoms with Crippen LogP contribution in [0.15, 0.2) is 18.2 Å². The van der Waals surface area contributed by atoms with E-state index in [1.165, 1.54) is 6.07 Å². The van der Waals surface area contributed by atoms with Crippen LogP contribution in [-0.4, -0.2) is 24.5 Å². The van der Waals surface area contributed by atoms with Gasteiger partial charge >= 0.3 is 0 Å². The molecule has 0 atom stereocenters. The van der Waals surface area contributed by atoms with Gasteiger partial charge in [-0.3, -0.25) is 0 Å². The van der Waals surface area contributed by atoms with E-state index in [0.717, 1.165) is 31.6 Å². The Labute approximate surface area is 90.9 Å². The average molecular weight is 210 g/mol. The molecule has 2 N–H and O–H groups in total. The van der Waals surface area contributed by atoms with Crippen molar-refractivity contribution in [1.82, 2.24) is 4.90 Å². The molecule has 0 aliphatic heterocycles. The molecule has 0 aliphatic carbocycles. The average Bonchev–Trinajstić information content (AvgIpc) is 2.24. The molecular formula is C12H19FN2. The van der Waals surface area contributed by atoms with Crippen molar-refractivity contribution in [1.29, 1.82) is 0 Å². The summed E-state index contributed by atoms with van der Waals surface area (Å²) in [6.07, 6.45) is 0.923. The zero-order chi connectivity index (χ0) is 11.3. The maximum atomic E-state index is 12.9. The molecule has 1 rings (SSSR count). The lowest BCUT2D eigenvalue weighted by molar-refractivity contribution is 0.308. The molecule has 0 saturated carbocycles. The molecule has 0 spiro atoms. The second kappa shape index (κ2) is 5.71. The minimum Gasteiger partial charge on any atom is -0.396 e. The van der Waals surface area contributed by atoms with Crippen molar-refractivity contribution in [3.8, 4) is 0 Å². The highest BCUT2D eigenvalue weighted by molar-refractivity contribution is 5.42. The van der Waals surface area contributed by atoms with Crippen molar-refractivity contribution < 1.29 is 4.39 Å². The van der Waals surface area contributed by atoms with E-state index in [1.54, 1.807) is 12.1 Å². The fourth-order valence-electron chi connectivity index (χ4n) is 1.58. The Morgan fingerprint density at radius 3 is 2.47 bits per heavy atom. The summed E-state index contributed by atoms with van der Waals surface area (Å²) in [6, 6.07) is 4.96. The Hall–Kier alpha value is -1.09. The van der Waals surface area contributed by atoms with Crippen LogP contribution in [0.25, 0.3) is 0 Å². The number of hydrogen-bond donors (Lipinski definition) is 1. The second-order valence-corrected chi connectivity index (χ2v) is 3.63. The quantitative estimate of drug-likeness (QED) is 0.755. The smallest absolute Gasteiger partial charge is 0.146 e. The third-order valence-electron chi connectivity index (χ3n) is 2.67. The first-order chi connectivity index (χ1) is 7.17. The zero-order valence-electron chi connectivity index (χ0n) is 9.46. The van der Waals surface area contributed by atoms with Gasteiger partial charge in [0.15, 0.2) is 0 Å². The molecule has 0 aliphatic rings. The Kier molecular flexibility index (Phi) is 4.56. The fourth-order valence-corrected chi connectivity index (χ4v) is 1.58. The summed E-state index contributed by atoms with van der Waals surface area (Å²) in [6.45, 7) is 7.38. The highest BCUT2D eigenvalue weighted by Crippen LogP contribution is 2.12. The summed E-state index contributed by atoms with van der Waals surface area (Å²) in [5.74, 6) is -0.332. The first-order valence-corrected chi connectivity index (χ1v) is 5.43. The van der Waals surface area contributed by atoms with E-state index in [1.807, 2.05) is 0 Å². The molecule has 0 fully saturated rings. The number of benzene rings is 1. The van der Waals surface area contributed by atoms with Gasteiger partial charge in [-0.15, -0.1) is 0 Å². The third-order valence-corrected chi connectivity index (χ3v) is 2.67. The van der Waals surface area contributed by atoms with Crippen LogP contribution in [-0.2, 0) is 6.42 Å². The predicted octanol–water partition coefficient (Wildman–Crippen LogP) is 2.29. The van der Waals surface area contributed by atoms with Gasteiger partial charge in [-0.25, -0.2) is 4.39 Å². The first kappa shape index (κ1) is 12.0. The summed E-state index contributed by atoms with van der Waals surface area (Å²) in [5.41, 5.74) is 6.84. The normalized spacial score (nSPS) is 10.9. The van der Waals surface area contributed by atoms with E-state index in [-0.39, 0.29) is 11.5 Å². The Balaban J connectivity index is 2.54. The van der Waals surface area contributed by atoms with E-state index < -0.39 is 0 Å². The summed E-state index contributed by atoms with van der Waals surface area (Å²) >= 11 is 0. The van der Waals surface area contributed by atoms with Crippen LogP contribution in [0.2, 0.25) is 0 Å². The van der Waals surface area contributed by atoms with E-state index in [9.17, 15) is 4.39 Å². The van der Waals surface area contributed by atoms with Crippen LogP contribution < -0.4 is 5.73 Å². The van der Waals surface area contributed by atoms with Crippen molar-refractivity contribution in [2.75, 3.05) is 25.4 Å². The van der Waals surface area contributed by atoms with Crippen LogP contribution >= 0.6 is 0 Å². The molecule has 0 heterocycles. The Morgan fingerprint density at radius 2 is 1.93 bits per heavy atom. The SMILES string of the molecule is CCN(CC)CCc1ccc(F)c(N)c1. The van der Waals surface area contributed by atoms with E-state index in [0.29, 0.717) is 0 Å². The Bertz CT molecular complexity index is 308. The van der Waals surface area contributed by atoms with E-state index >= 15 is 0 Å². The highest BCUT2D eigenvalue weighted by Gasteiger charge is 2.02. The molecule has 84 valence electrons. The molecule has 0 bridgehead atoms. The predicted molar refractivity (Wildman–Crippen MR) is 62.3 cm³/mol. The van der Waals surface area contributed by atoms with Crippen LogP contribution in [0.1, 0.15) is 19.4 Å². The van der Waals surface area contributed by atoms with Crippen LogP contribution in [0.4, 0.5) is 10.1 Å². The minimum atomic E-state index is -0.332. The van der Waals surface area contributed by atoms with Gasteiger partial charge in [-0.05, 0) is 37.2 Å². The number of hydrogen-bond acceptors (Lipinski definition) is 2. The topological polar surface area (TPSA) is 29.3 Å². The van der Waals surface area contributed by atoms with Gasteiger partial charge in [0.1, 0.15) is 5.82 Å². The maximum absolute atomic E-state index is 12.9. The number of halogens is 1. The van der Waals surface area contributed by atoms with Crippen LogP contribution in [0.3, 0.4) is 0 Å². The molecule has 2 nitrogen and oxygen atoms in total. The summed E-state index contributed by atoms with van der Waals surface area (Å²) in [4.78, 5) is 2.33. The zero-order valence-corrected chi connectivity index (χ0v) is 9.46. The lowest BCUT2D eigenvalue weighted by Gasteiger charge is -2.17. The molecule has 0 saturated heterocycles. The molecule has 0 unspecified atom stereocenters. The van der Waals surface area contributed by atoms with Crippen molar-refractivity contribution in [2.45, 2.75) is 20.3 Å². The number of anilines is 1. The third kappa shape index (κ3) is 3.51. The van der Waals surface area contributed by atoms with Gasteiger partial charge in [0.05, 0.1) is 5.69 Å². The molecule has 0 radical (unpaired) electrons. The standard InChI is InChI=1S/C12H19FN2/c1-3-15(4-2)8-7-10-5-6-11(13)12(14)9-10/h5-6,9H,3-4,7-8,14H2,1-2H3. The van der Waals surface area contributed by atoms with Crippen molar-refractivity contribution >= 4 is 5.69 Å². The van der Waals surface area contributed by atoms with Crippen LogP contribution in [0.5, 0.6) is 0 Å². The number of nitrogens with zero attached hydrogens (tertiary/aromatic N) is 1. The summed E-state index contributed by atoms with van der Waals surface area (Å²) < 4.78 is 12.9. The lowest BCUT2D eigenvalue weighted by atomic mass is 10.1. The number of likely N-dealkylation sites (N-methyl/N-ethyl adjacent to an activating group) is 1. The first-order valence-electron chi connectivity index (χ1n) is 5.43. The molecular weight excluding hydrogens is 191 g/mol. The van der Waals surface area contributed by atoms with Gasteiger partial charge < -0.3 is 10.6 Å². The number of nitrogen functional groups attached to an aromatic ring is 1. The van der Waals surface area contributed by atoms with Gasteiger partial charge in [0, 0.05) is 6.54 Å². The minimum absolute atomic E-state index is 0.243. The Morgan fingerprint density at radius 1 is 1.27 bits per heavy atom. The van der Waals surface area contributed by atoms with Crippen molar-refractivity contribution in [3.63, 3.8) is 0 Å². The van der Waals surface area contributed by atoms with E-state index in [2.05, 4.69) is 18.7 Å². The van der Waals surface area contributed by atoms with Gasteiger partial charge in [-0.1, -0.05) is 19.9 Å². The maximum Gasteiger partial charge on any atom is 0.146 e. The molecule has 3 heteroatoms. The monoisotopic (exact) mass is 210 g/mol. The molecule has 0 aromatic heterocycles. The molecule has 0 amide bonds. The largest absolute Gasteiger partial charge is 0.396 e. The lowest BCUT2D eigenvalue weighted by Crippen LogP contribution is -2.25. The van der Waals surface area contributed by atoms with Crippen molar-refractivity contribution in [3.05, 3.63) is 29.6 Å². The molecule has 1 aromatic carbocycles. The van der Waals surface area contributed by atoms with E-state index in [4.69, 9.17) is 5.73 Å². The van der Waals surface area contributed by atoms with Gasteiger partial charge in [0.2, 0.25) is 0 Å². The molecule has 15 heavy (non-hydrogen) atoms. The van der Waals surface area contributed by atoms with Crippen LogP contribution in [0, 0.1) is 5.82 Å². The number of nitrogens with two attached hydrogens (primary N) is 1.